The molecule has 0 amide bonds. The quantitative estimate of drug-likeness (QED) is 0.406. The molecule has 0 N–H and O–H groups in total. The highest BCUT2D eigenvalue weighted by atomic mass is 16.5. The molecule has 0 unspecified atom stereocenters. The summed E-state index contributed by atoms with van der Waals surface area (Å²) < 4.78 is 4.64. The fraction of sp³-hybridized carbons (Fsp3) is 0.500. The molecular formula is C6H10O2. The monoisotopic (exact) mass is 114 g/mol. The van der Waals surface area contributed by atoms with Gasteiger partial charge in [-0.15, -0.1) is 0 Å². The van der Waals surface area contributed by atoms with E-state index in [2.05, 4.69) is 4.74 Å². The summed E-state index contributed by atoms with van der Waals surface area (Å²) in [4.78, 5) is 9.79. The Balaban J connectivity index is 3.44. The molecular weight excluding hydrogens is 104 g/mol. The van der Waals surface area contributed by atoms with Crippen molar-refractivity contribution in [3.05, 3.63) is 11.8 Å². The van der Waals surface area contributed by atoms with Gasteiger partial charge < -0.3 is 9.53 Å². The van der Waals surface area contributed by atoms with Crippen LogP contribution in [0.2, 0.25) is 0 Å². The van der Waals surface area contributed by atoms with Crippen LogP contribution in [-0.2, 0) is 9.53 Å². The summed E-state index contributed by atoms with van der Waals surface area (Å²) in [6, 6.07) is 0. The van der Waals surface area contributed by atoms with Gasteiger partial charge in [0.2, 0.25) is 0 Å². The maximum atomic E-state index is 9.79. The van der Waals surface area contributed by atoms with Crippen LogP contribution < -0.4 is 0 Å². The average molecular weight is 114 g/mol. The lowest BCUT2D eigenvalue weighted by Crippen LogP contribution is -1.78. The lowest BCUT2D eigenvalue weighted by Gasteiger charge is -1.90. The summed E-state index contributed by atoms with van der Waals surface area (Å²) in [7, 11) is 1.56. The van der Waals surface area contributed by atoms with Crippen molar-refractivity contribution in [2.45, 2.75) is 13.3 Å². The molecule has 0 radical (unpaired) electrons. The maximum Gasteiger partial charge on any atom is 0.124 e. The highest BCUT2D eigenvalue weighted by Crippen LogP contribution is 1.94. The van der Waals surface area contributed by atoms with E-state index in [0.717, 1.165) is 11.9 Å². The second-order valence-electron chi connectivity index (χ2n) is 1.57. The first-order chi connectivity index (χ1) is 3.81. The molecule has 0 heterocycles. The van der Waals surface area contributed by atoms with Crippen molar-refractivity contribution in [3.8, 4) is 0 Å². The van der Waals surface area contributed by atoms with Crippen LogP contribution >= 0.6 is 0 Å². The molecule has 0 spiro atoms. The van der Waals surface area contributed by atoms with Crippen molar-refractivity contribution >= 4 is 6.29 Å². The van der Waals surface area contributed by atoms with Gasteiger partial charge in [-0.3, -0.25) is 0 Å². The summed E-state index contributed by atoms with van der Waals surface area (Å²) in [5.41, 5.74) is 0.947. The highest BCUT2D eigenvalue weighted by Gasteiger charge is 1.83. The number of rotatable bonds is 3. The molecule has 0 saturated carbocycles. The zero-order valence-electron chi connectivity index (χ0n) is 5.18. The topological polar surface area (TPSA) is 26.3 Å². The van der Waals surface area contributed by atoms with Crippen LogP contribution in [0.15, 0.2) is 11.8 Å². The van der Waals surface area contributed by atoms with E-state index < -0.39 is 0 Å². The minimum absolute atomic E-state index is 0.466. The Bertz CT molecular complexity index is 94.7. The van der Waals surface area contributed by atoms with E-state index in [9.17, 15) is 4.79 Å². The van der Waals surface area contributed by atoms with E-state index in [4.69, 9.17) is 0 Å². The first-order valence-electron chi connectivity index (χ1n) is 2.43. The van der Waals surface area contributed by atoms with Crippen LogP contribution in [-0.4, -0.2) is 13.4 Å². The zero-order chi connectivity index (χ0) is 6.41. The van der Waals surface area contributed by atoms with Crippen molar-refractivity contribution in [3.63, 3.8) is 0 Å². The Kier molecular flexibility index (Phi) is 3.94. The van der Waals surface area contributed by atoms with Crippen molar-refractivity contribution in [1.29, 1.82) is 0 Å². The van der Waals surface area contributed by atoms with E-state index in [1.807, 2.05) is 6.92 Å². The Labute approximate surface area is 49.1 Å². The summed E-state index contributed by atoms with van der Waals surface area (Å²) in [6.45, 7) is 1.85. The molecule has 0 aliphatic rings. The minimum atomic E-state index is 0.466. The van der Waals surface area contributed by atoms with Crippen LogP contribution in [0.1, 0.15) is 13.3 Å². The molecule has 8 heavy (non-hydrogen) atoms. The number of carbonyl (C=O) groups is 1. The third-order valence-electron chi connectivity index (χ3n) is 0.724. The lowest BCUT2D eigenvalue weighted by atomic mass is 10.3. The molecule has 0 bridgehead atoms. The van der Waals surface area contributed by atoms with Gasteiger partial charge in [-0.2, -0.15) is 0 Å². The molecule has 2 heteroatoms. The fourth-order valence-corrected chi connectivity index (χ4v) is 0.381. The highest BCUT2D eigenvalue weighted by molar-refractivity contribution is 5.53. The Morgan fingerprint density at radius 1 is 1.75 bits per heavy atom. The number of aldehydes is 1. The molecule has 0 fully saturated rings. The predicted molar refractivity (Wildman–Crippen MR) is 31.4 cm³/mol. The van der Waals surface area contributed by atoms with E-state index in [1.165, 1.54) is 0 Å². The number of allylic oxidation sites excluding steroid dienone is 1. The molecule has 0 atom stereocenters. The molecule has 0 saturated heterocycles. The van der Waals surface area contributed by atoms with Crippen molar-refractivity contribution < 1.29 is 9.53 Å². The van der Waals surface area contributed by atoms with Gasteiger partial charge in [-0.05, 0) is 12.5 Å². The van der Waals surface area contributed by atoms with Gasteiger partial charge >= 0.3 is 0 Å². The summed E-state index contributed by atoms with van der Waals surface area (Å²) >= 11 is 0. The molecule has 0 aliphatic heterocycles. The third-order valence-corrected chi connectivity index (χ3v) is 0.724. The van der Waals surface area contributed by atoms with E-state index in [-0.39, 0.29) is 0 Å². The molecule has 0 aromatic rings. The number of ether oxygens (including phenoxy) is 1. The maximum absolute atomic E-state index is 9.79. The molecule has 2 nitrogen and oxygen atoms in total. The third kappa shape index (κ3) is 3.40. The second-order valence-corrected chi connectivity index (χ2v) is 1.57. The molecule has 0 aromatic heterocycles. The van der Waals surface area contributed by atoms with Gasteiger partial charge in [0.25, 0.3) is 0 Å². The van der Waals surface area contributed by atoms with Crippen LogP contribution in [0.4, 0.5) is 0 Å². The second kappa shape index (κ2) is 4.37. The molecule has 0 aliphatic carbocycles. The minimum Gasteiger partial charge on any atom is -0.504 e. The lowest BCUT2D eigenvalue weighted by molar-refractivity contribution is -0.107. The summed E-state index contributed by atoms with van der Waals surface area (Å²) in [5, 5.41) is 0. The average Bonchev–Trinajstić information content (AvgIpc) is 1.68. The predicted octanol–water partition coefficient (Wildman–Crippen LogP) is 1.13. The SMILES string of the molecule is COC=C(C)CC=O. The summed E-state index contributed by atoms with van der Waals surface area (Å²) in [6.07, 6.45) is 2.88. The largest absolute Gasteiger partial charge is 0.504 e. The van der Waals surface area contributed by atoms with E-state index >= 15 is 0 Å². The van der Waals surface area contributed by atoms with Gasteiger partial charge in [0, 0.05) is 6.42 Å². The Morgan fingerprint density at radius 3 is 2.75 bits per heavy atom. The number of carbonyl (C=O) groups excluding carboxylic acids is 1. The normalized spacial score (nSPS) is 11.0. The smallest absolute Gasteiger partial charge is 0.124 e. The molecule has 46 valence electrons. The number of hydrogen-bond donors (Lipinski definition) is 0. The van der Waals surface area contributed by atoms with Crippen molar-refractivity contribution in [2.24, 2.45) is 0 Å². The molecule has 0 aromatic carbocycles. The van der Waals surface area contributed by atoms with Gasteiger partial charge in [0.1, 0.15) is 6.29 Å². The molecule has 0 rings (SSSR count). The first kappa shape index (κ1) is 7.21. The fourth-order valence-electron chi connectivity index (χ4n) is 0.381. The Hall–Kier alpha value is -0.790. The van der Waals surface area contributed by atoms with E-state index in [1.54, 1.807) is 13.4 Å². The van der Waals surface area contributed by atoms with Crippen LogP contribution in [0.3, 0.4) is 0 Å². The first-order valence-corrected chi connectivity index (χ1v) is 2.43. The van der Waals surface area contributed by atoms with E-state index in [0.29, 0.717) is 6.42 Å². The summed E-state index contributed by atoms with van der Waals surface area (Å²) in [5.74, 6) is 0. The van der Waals surface area contributed by atoms with Gasteiger partial charge in [0.05, 0.1) is 13.4 Å². The zero-order valence-corrected chi connectivity index (χ0v) is 5.18. The standard InChI is InChI=1S/C6H10O2/c1-6(3-4-7)5-8-2/h4-5H,3H2,1-2H3. The Morgan fingerprint density at radius 2 is 2.38 bits per heavy atom. The van der Waals surface area contributed by atoms with Crippen molar-refractivity contribution in [2.75, 3.05) is 7.11 Å². The number of methoxy groups -OCH3 is 1. The van der Waals surface area contributed by atoms with Crippen molar-refractivity contribution in [1.82, 2.24) is 0 Å². The van der Waals surface area contributed by atoms with Crippen LogP contribution in [0, 0.1) is 0 Å². The van der Waals surface area contributed by atoms with Crippen LogP contribution in [0.25, 0.3) is 0 Å². The van der Waals surface area contributed by atoms with Gasteiger partial charge in [-0.1, -0.05) is 0 Å². The van der Waals surface area contributed by atoms with Gasteiger partial charge in [0.15, 0.2) is 0 Å². The van der Waals surface area contributed by atoms with Gasteiger partial charge in [-0.25, -0.2) is 0 Å². The number of hydrogen-bond acceptors (Lipinski definition) is 2. The van der Waals surface area contributed by atoms with Crippen LogP contribution in [0.5, 0.6) is 0 Å².